The predicted molar refractivity (Wildman–Crippen MR) is 88.6 cm³/mol. The molecule has 0 aliphatic heterocycles. The van der Waals surface area contributed by atoms with Crippen molar-refractivity contribution in [1.82, 2.24) is 4.72 Å². The largest absolute Gasteiger partial charge is 0.240 e. The third-order valence-electron chi connectivity index (χ3n) is 3.81. The maximum absolute atomic E-state index is 12.3. The lowest BCUT2D eigenvalue weighted by molar-refractivity contribution is 0.308. The lowest BCUT2D eigenvalue weighted by Gasteiger charge is -2.28. The van der Waals surface area contributed by atoms with Crippen LogP contribution < -0.4 is 4.72 Å². The second-order valence-corrected chi connectivity index (χ2v) is 8.69. The van der Waals surface area contributed by atoms with Gasteiger partial charge in [0.25, 0.3) is 0 Å². The lowest BCUT2D eigenvalue weighted by Crippen LogP contribution is -2.37. The first-order chi connectivity index (χ1) is 9.51. The van der Waals surface area contributed by atoms with Gasteiger partial charge in [-0.1, -0.05) is 31.9 Å². The first-order valence-corrected chi connectivity index (χ1v) is 10.2. The number of sulfonamides is 1. The molecule has 1 saturated carbocycles. The zero-order valence-electron chi connectivity index (χ0n) is 11.2. The molecule has 1 aliphatic rings. The van der Waals surface area contributed by atoms with Crippen LogP contribution in [0.3, 0.4) is 0 Å². The Bertz CT molecular complexity index is 523. The van der Waals surface area contributed by atoms with Crippen LogP contribution in [0.15, 0.2) is 33.6 Å². The van der Waals surface area contributed by atoms with Crippen molar-refractivity contribution >= 4 is 41.9 Å². The quantitative estimate of drug-likeness (QED) is 0.724. The third kappa shape index (κ3) is 4.55. The summed E-state index contributed by atoms with van der Waals surface area (Å²) < 4.78 is 28.3. The van der Waals surface area contributed by atoms with Gasteiger partial charge in [0.2, 0.25) is 10.0 Å². The number of nitrogens with one attached hydrogen (secondary N) is 1. The van der Waals surface area contributed by atoms with Gasteiger partial charge < -0.3 is 0 Å². The Kier molecular flexibility index (Phi) is 6.08. The molecule has 6 heteroatoms. The maximum Gasteiger partial charge on any atom is 0.240 e. The van der Waals surface area contributed by atoms with E-state index < -0.39 is 10.0 Å². The van der Waals surface area contributed by atoms with E-state index in [4.69, 9.17) is 0 Å². The fourth-order valence-electron chi connectivity index (χ4n) is 2.62. The van der Waals surface area contributed by atoms with E-state index in [2.05, 4.69) is 36.6 Å². The molecule has 1 aliphatic carbocycles. The molecule has 0 heterocycles. The van der Waals surface area contributed by atoms with E-state index in [9.17, 15) is 8.42 Å². The highest BCUT2D eigenvalue weighted by molar-refractivity contribution is 9.10. The first kappa shape index (κ1) is 16.5. The van der Waals surface area contributed by atoms with Crippen molar-refractivity contribution in [3.05, 3.63) is 28.7 Å². The van der Waals surface area contributed by atoms with Crippen molar-refractivity contribution < 1.29 is 8.42 Å². The Morgan fingerprint density at radius 1 is 1.10 bits per heavy atom. The Labute approximate surface area is 137 Å². The number of benzene rings is 1. The van der Waals surface area contributed by atoms with Gasteiger partial charge in [0.05, 0.1) is 4.90 Å². The number of hydrogen-bond donors (Lipinski definition) is 1. The molecule has 0 amide bonds. The van der Waals surface area contributed by atoms with E-state index in [-0.39, 0.29) is 6.04 Å². The van der Waals surface area contributed by atoms with Crippen molar-refractivity contribution in [2.75, 3.05) is 5.33 Å². The molecular formula is C14H19Br2NO2S. The molecule has 0 aromatic heterocycles. The number of halogens is 2. The molecule has 3 nitrogen and oxygen atoms in total. The predicted octanol–water partition coefficient (Wildman–Crippen LogP) is 4.07. The van der Waals surface area contributed by atoms with Gasteiger partial charge in [-0.25, -0.2) is 13.1 Å². The molecule has 112 valence electrons. The molecule has 1 aromatic carbocycles. The van der Waals surface area contributed by atoms with Gasteiger partial charge in [-0.2, -0.15) is 0 Å². The maximum atomic E-state index is 12.3. The van der Waals surface area contributed by atoms with Crippen LogP contribution in [-0.4, -0.2) is 19.8 Å². The average molecular weight is 425 g/mol. The van der Waals surface area contributed by atoms with Gasteiger partial charge in [-0.05, 0) is 62.3 Å². The van der Waals surface area contributed by atoms with Crippen molar-refractivity contribution in [3.63, 3.8) is 0 Å². The minimum Gasteiger partial charge on any atom is -0.208 e. The van der Waals surface area contributed by atoms with E-state index in [0.29, 0.717) is 4.90 Å². The van der Waals surface area contributed by atoms with Crippen molar-refractivity contribution in [2.24, 2.45) is 5.92 Å². The molecule has 2 rings (SSSR count). The van der Waals surface area contributed by atoms with Crippen LogP contribution in [-0.2, 0) is 10.0 Å². The molecular weight excluding hydrogens is 406 g/mol. The second kappa shape index (κ2) is 7.38. The summed E-state index contributed by atoms with van der Waals surface area (Å²) in [4.78, 5) is 0.336. The summed E-state index contributed by atoms with van der Waals surface area (Å²) in [5.41, 5.74) is 0. The highest BCUT2D eigenvalue weighted by Crippen LogP contribution is 2.28. The summed E-state index contributed by atoms with van der Waals surface area (Å²) in [5, 5.41) is 1.03. The third-order valence-corrected chi connectivity index (χ3v) is 6.33. The van der Waals surface area contributed by atoms with Crippen molar-refractivity contribution in [3.8, 4) is 0 Å². The number of alkyl halides is 1. The Morgan fingerprint density at radius 3 is 2.25 bits per heavy atom. The standard InChI is InChI=1S/C14H19Br2NO2S/c15-10-9-11-1-5-13(6-2-11)17-20(18,19)14-7-3-12(16)4-8-14/h3-4,7-8,11,13,17H,1-2,5-6,9-10H2. The molecule has 0 bridgehead atoms. The van der Waals surface area contributed by atoms with Crippen LogP contribution in [0.2, 0.25) is 0 Å². The summed E-state index contributed by atoms with van der Waals surface area (Å²) in [6, 6.07) is 6.84. The smallest absolute Gasteiger partial charge is 0.208 e. The van der Waals surface area contributed by atoms with Crippen LogP contribution in [0.25, 0.3) is 0 Å². The first-order valence-electron chi connectivity index (χ1n) is 6.85. The lowest BCUT2D eigenvalue weighted by atomic mass is 9.85. The zero-order valence-corrected chi connectivity index (χ0v) is 15.2. The monoisotopic (exact) mass is 423 g/mol. The minimum absolute atomic E-state index is 0.0789. The van der Waals surface area contributed by atoms with Crippen LogP contribution in [0, 0.1) is 5.92 Å². The topological polar surface area (TPSA) is 46.2 Å². The van der Waals surface area contributed by atoms with E-state index in [1.807, 2.05) is 0 Å². The van der Waals surface area contributed by atoms with Crippen molar-refractivity contribution in [2.45, 2.75) is 43.0 Å². The Morgan fingerprint density at radius 2 is 1.70 bits per heavy atom. The SMILES string of the molecule is O=S(=O)(NC1CCC(CCBr)CC1)c1ccc(Br)cc1. The average Bonchev–Trinajstić information content (AvgIpc) is 2.41. The Balaban J connectivity index is 1.94. The summed E-state index contributed by atoms with van der Waals surface area (Å²) in [5.74, 6) is 0.739. The minimum atomic E-state index is -3.39. The van der Waals surface area contributed by atoms with Gasteiger partial charge in [0.15, 0.2) is 0 Å². The van der Waals surface area contributed by atoms with Crippen LogP contribution in [0.4, 0.5) is 0 Å². The van der Waals surface area contributed by atoms with Crippen molar-refractivity contribution in [1.29, 1.82) is 0 Å². The van der Waals surface area contributed by atoms with Gasteiger partial charge in [-0.3, -0.25) is 0 Å². The molecule has 20 heavy (non-hydrogen) atoms. The molecule has 0 spiro atoms. The van der Waals surface area contributed by atoms with Gasteiger partial charge in [0, 0.05) is 15.8 Å². The van der Waals surface area contributed by atoms with Crippen LogP contribution in [0.5, 0.6) is 0 Å². The van der Waals surface area contributed by atoms with Gasteiger partial charge in [-0.15, -0.1) is 0 Å². The van der Waals surface area contributed by atoms with E-state index in [1.54, 1.807) is 24.3 Å². The van der Waals surface area contributed by atoms with Crippen LogP contribution >= 0.6 is 31.9 Å². The second-order valence-electron chi connectivity index (χ2n) is 5.27. The highest BCUT2D eigenvalue weighted by atomic mass is 79.9. The molecule has 1 aromatic rings. The van der Waals surface area contributed by atoms with Gasteiger partial charge in [0.1, 0.15) is 0 Å². The molecule has 0 unspecified atom stereocenters. The molecule has 1 N–H and O–H groups in total. The summed E-state index contributed by atoms with van der Waals surface area (Å²) in [7, 11) is -3.39. The fraction of sp³-hybridized carbons (Fsp3) is 0.571. The zero-order chi connectivity index (χ0) is 14.6. The fourth-order valence-corrected chi connectivity index (χ4v) is 4.84. The molecule has 1 fully saturated rings. The number of rotatable bonds is 5. The van der Waals surface area contributed by atoms with E-state index in [0.717, 1.165) is 41.4 Å². The number of hydrogen-bond acceptors (Lipinski definition) is 2. The normalized spacial score (nSPS) is 23.7. The summed E-state index contributed by atoms with van der Waals surface area (Å²) in [6.07, 6.45) is 5.28. The van der Waals surface area contributed by atoms with Gasteiger partial charge >= 0.3 is 0 Å². The summed E-state index contributed by atoms with van der Waals surface area (Å²) in [6.45, 7) is 0. The molecule has 0 atom stereocenters. The highest BCUT2D eigenvalue weighted by Gasteiger charge is 2.25. The van der Waals surface area contributed by atoms with Crippen LogP contribution in [0.1, 0.15) is 32.1 Å². The summed E-state index contributed by atoms with van der Waals surface area (Å²) >= 11 is 6.78. The van der Waals surface area contributed by atoms with E-state index >= 15 is 0 Å². The molecule has 0 radical (unpaired) electrons. The molecule has 0 saturated heterocycles. The van der Waals surface area contributed by atoms with E-state index in [1.165, 1.54) is 6.42 Å². The Hall–Kier alpha value is 0.0900.